The molecule has 5 heteroatoms. The second-order valence-corrected chi connectivity index (χ2v) is 7.65. The molecule has 4 nitrogen and oxygen atoms in total. The van der Waals surface area contributed by atoms with Gasteiger partial charge >= 0.3 is 0 Å². The summed E-state index contributed by atoms with van der Waals surface area (Å²) < 4.78 is 6.66. The van der Waals surface area contributed by atoms with Crippen LogP contribution in [0.2, 0.25) is 0 Å². The first-order valence-electron chi connectivity index (χ1n) is 9.10. The van der Waals surface area contributed by atoms with Crippen molar-refractivity contribution in [1.82, 2.24) is 10.2 Å². The van der Waals surface area contributed by atoms with E-state index in [9.17, 15) is 4.79 Å². The SMILES string of the molecule is C[C@@H](Oc1ccc(Br)cc1)C(=O)NCc1ccc(CN2CCCC2)cc1. The van der Waals surface area contributed by atoms with Crippen LogP contribution in [0, 0.1) is 0 Å². The Balaban J connectivity index is 1.45. The van der Waals surface area contributed by atoms with E-state index in [-0.39, 0.29) is 5.91 Å². The minimum absolute atomic E-state index is 0.117. The van der Waals surface area contributed by atoms with E-state index in [1.165, 1.54) is 31.5 Å². The highest BCUT2D eigenvalue weighted by atomic mass is 79.9. The lowest BCUT2D eigenvalue weighted by atomic mass is 10.1. The molecule has 0 bridgehead atoms. The van der Waals surface area contributed by atoms with Gasteiger partial charge in [0, 0.05) is 17.6 Å². The number of amides is 1. The number of hydrogen-bond acceptors (Lipinski definition) is 3. The number of nitrogens with one attached hydrogen (secondary N) is 1. The van der Waals surface area contributed by atoms with Crippen molar-refractivity contribution < 1.29 is 9.53 Å². The van der Waals surface area contributed by atoms with Crippen LogP contribution in [-0.2, 0) is 17.9 Å². The van der Waals surface area contributed by atoms with Gasteiger partial charge in [-0.1, -0.05) is 40.2 Å². The van der Waals surface area contributed by atoms with E-state index in [1.54, 1.807) is 6.92 Å². The number of carbonyl (C=O) groups is 1. The first-order valence-corrected chi connectivity index (χ1v) is 9.89. The molecule has 1 amide bonds. The van der Waals surface area contributed by atoms with Crippen molar-refractivity contribution >= 4 is 21.8 Å². The second kappa shape index (κ2) is 9.19. The van der Waals surface area contributed by atoms with Gasteiger partial charge in [0.2, 0.25) is 0 Å². The van der Waals surface area contributed by atoms with Crippen LogP contribution in [0.25, 0.3) is 0 Å². The van der Waals surface area contributed by atoms with Crippen LogP contribution in [-0.4, -0.2) is 30.0 Å². The van der Waals surface area contributed by atoms with E-state index in [0.717, 1.165) is 16.6 Å². The number of halogens is 1. The van der Waals surface area contributed by atoms with E-state index >= 15 is 0 Å². The Hall–Kier alpha value is -1.85. The van der Waals surface area contributed by atoms with E-state index in [0.29, 0.717) is 12.3 Å². The first kappa shape index (κ1) is 18.9. The second-order valence-electron chi connectivity index (χ2n) is 6.73. The molecule has 26 heavy (non-hydrogen) atoms. The number of likely N-dealkylation sites (tertiary alicyclic amines) is 1. The first-order chi connectivity index (χ1) is 12.6. The number of benzene rings is 2. The van der Waals surface area contributed by atoms with Crippen LogP contribution in [0.1, 0.15) is 30.9 Å². The number of hydrogen-bond donors (Lipinski definition) is 1. The molecule has 2 aromatic rings. The third kappa shape index (κ3) is 5.58. The molecule has 0 aromatic heterocycles. The van der Waals surface area contributed by atoms with Crippen LogP contribution in [0.4, 0.5) is 0 Å². The summed E-state index contributed by atoms with van der Waals surface area (Å²) in [5.41, 5.74) is 2.42. The smallest absolute Gasteiger partial charge is 0.261 e. The molecule has 0 spiro atoms. The summed E-state index contributed by atoms with van der Waals surface area (Å²) in [4.78, 5) is 14.7. The number of nitrogens with zero attached hydrogens (tertiary/aromatic N) is 1. The van der Waals surface area contributed by atoms with Gasteiger partial charge in [-0.15, -0.1) is 0 Å². The maximum atomic E-state index is 12.2. The molecule has 1 aliphatic rings. The zero-order valence-electron chi connectivity index (χ0n) is 15.1. The Kier molecular flexibility index (Phi) is 6.69. The molecule has 0 aliphatic carbocycles. The van der Waals surface area contributed by atoms with Gasteiger partial charge in [0.1, 0.15) is 5.75 Å². The molecule has 1 saturated heterocycles. The fraction of sp³-hybridized carbons (Fsp3) is 0.381. The zero-order chi connectivity index (χ0) is 18.4. The summed E-state index contributed by atoms with van der Waals surface area (Å²) in [6.07, 6.45) is 2.08. The van der Waals surface area contributed by atoms with E-state index < -0.39 is 6.10 Å². The molecule has 0 radical (unpaired) electrons. The van der Waals surface area contributed by atoms with E-state index in [1.807, 2.05) is 24.3 Å². The van der Waals surface area contributed by atoms with Crippen LogP contribution in [0.5, 0.6) is 5.75 Å². The van der Waals surface area contributed by atoms with E-state index in [2.05, 4.69) is 50.4 Å². The molecular formula is C21H25BrN2O2. The monoisotopic (exact) mass is 416 g/mol. The summed E-state index contributed by atoms with van der Waals surface area (Å²) in [7, 11) is 0. The normalized spacial score (nSPS) is 15.6. The molecule has 1 fully saturated rings. The Morgan fingerprint density at radius 1 is 1.08 bits per heavy atom. The minimum atomic E-state index is -0.536. The van der Waals surface area contributed by atoms with Crippen LogP contribution >= 0.6 is 15.9 Å². The maximum absolute atomic E-state index is 12.2. The fourth-order valence-corrected chi connectivity index (χ4v) is 3.33. The van der Waals surface area contributed by atoms with Gasteiger partial charge < -0.3 is 10.1 Å². The highest BCUT2D eigenvalue weighted by Gasteiger charge is 2.14. The number of rotatable bonds is 7. The molecule has 2 aromatic carbocycles. The van der Waals surface area contributed by atoms with Crippen LogP contribution in [0.3, 0.4) is 0 Å². The lowest BCUT2D eigenvalue weighted by molar-refractivity contribution is -0.127. The lowest BCUT2D eigenvalue weighted by Gasteiger charge is -2.16. The van der Waals surface area contributed by atoms with Crippen LogP contribution < -0.4 is 10.1 Å². The van der Waals surface area contributed by atoms with Crippen molar-refractivity contribution in [2.24, 2.45) is 0 Å². The topological polar surface area (TPSA) is 41.6 Å². The molecule has 3 rings (SSSR count). The summed E-state index contributed by atoms with van der Waals surface area (Å²) in [6, 6.07) is 16.0. The largest absolute Gasteiger partial charge is 0.481 e. The lowest BCUT2D eigenvalue weighted by Crippen LogP contribution is -2.35. The summed E-state index contributed by atoms with van der Waals surface area (Å²) in [5, 5.41) is 2.94. The van der Waals surface area contributed by atoms with Gasteiger partial charge in [0.05, 0.1) is 0 Å². The molecule has 0 unspecified atom stereocenters. The molecule has 1 heterocycles. The highest BCUT2D eigenvalue weighted by molar-refractivity contribution is 9.10. The van der Waals surface area contributed by atoms with Crippen LogP contribution in [0.15, 0.2) is 53.0 Å². The standard InChI is InChI=1S/C21H25BrN2O2/c1-16(26-20-10-8-19(22)9-11-20)21(25)23-14-17-4-6-18(7-5-17)15-24-12-2-3-13-24/h4-11,16H,2-3,12-15H2,1H3,(H,23,25)/t16-/m1/s1. The molecule has 0 saturated carbocycles. The quantitative estimate of drug-likeness (QED) is 0.737. The molecule has 138 valence electrons. The van der Waals surface area contributed by atoms with Crippen molar-refractivity contribution in [2.75, 3.05) is 13.1 Å². The molecule has 1 N–H and O–H groups in total. The molecular weight excluding hydrogens is 392 g/mol. The number of ether oxygens (including phenoxy) is 1. The highest BCUT2D eigenvalue weighted by Crippen LogP contribution is 2.17. The number of carbonyl (C=O) groups excluding carboxylic acids is 1. The van der Waals surface area contributed by atoms with Crippen molar-refractivity contribution in [3.05, 3.63) is 64.1 Å². The van der Waals surface area contributed by atoms with Crippen molar-refractivity contribution in [1.29, 1.82) is 0 Å². The van der Waals surface area contributed by atoms with Gasteiger partial charge in [-0.05, 0) is 68.2 Å². The Morgan fingerprint density at radius 2 is 1.69 bits per heavy atom. The predicted molar refractivity (Wildman–Crippen MR) is 107 cm³/mol. The third-order valence-electron chi connectivity index (χ3n) is 4.59. The Morgan fingerprint density at radius 3 is 2.35 bits per heavy atom. The summed E-state index contributed by atoms with van der Waals surface area (Å²) in [6.45, 7) is 5.69. The van der Waals surface area contributed by atoms with Gasteiger partial charge in [-0.2, -0.15) is 0 Å². The van der Waals surface area contributed by atoms with Crippen molar-refractivity contribution in [2.45, 2.75) is 39.0 Å². The zero-order valence-corrected chi connectivity index (χ0v) is 16.7. The molecule has 1 aliphatic heterocycles. The average Bonchev–Trinajstić information content (AvgIpc) is 3.16. The maximum Gasteiger partial charge on any atom is 0.261 e. The van der Waals surface area contributed by atoms with Gasteiger partial charge in [-0.3, -0.25) is 9.69 Å². The average molecular weight is 417 g/mol. The van der Waals surface area contributed by atoms with Crippen molar-refractivity contribution in [3.63, 3.8) is 0 Å². The molecule has 1 atom stereocenters. The Labute approximate surface area is 163 Å². The Bertz CT molecular complexity index is 710. The van der Waals surface area contributed by atoms with Crippen molar-refractivity contribution in [3.8, 4) is 5.75 Å². The fourth-order valence-electron chi connectivity index (χ4n) is 3.07. The summed E-state index contributed by atoms with van der Waals surface area (Å²) in [5.74, 6) is 0.566. The van der Waals surface area contributed by atoms with Gasteiger partial charge in [0.25, 0.3) is 5.91 Å². The predicted octanol–water partition coefficient (Wildman–Crippen LogP) is 4.13. The third-order valence-corrected chi connectivity index (χ3v) is 5.12. The summed E-state index contributed by atoms with van der Waals surface area (Å²) >= 11 is 3.38. The van der Waals surface area contributed by atoms with Gasteiger partial charge in [-0.25, -0.2) is 0 Å². The minimum Gasteiger partial charge on any atom is -0.481 e. The van der Waals surface area contributed by atoms with Gasteiger partial charge in [0.15, 0.2) is 6.10 Å². The van der Waals surface area contributed by atoms with E-state index in [4.69, 9.17) is 4.74 Å².